The summed E-state index contributed by atoms with van der Waals surface area (Å²) in [5.41, 5.74) is 0. The molecule has 1 rings (SSSR count). The topological polar surface area (TPSA) is 0 Å². The van der Waals surface area contributed by atoms with Crippen molar-refractivity contribution in [2.75, 3.05) is 0 Å². The third kappa shape index (κ3) is 0.717. The van der Waals surface area contributed by atoms with Crippen molar-refractivity contribution in [1.82, 2.24) is 0 Å². The summed E-state index contributed by atoms with van der Waals surface area (Å²) in [4.78, 5) is 0. The van der Waals surface area contributed by atoms with E-state index in [1.54, 1.807) is 0 Å². The smallest absolute Gasteiger partial charge is 0.205 e. The van der Waals surface area contributed by atoms with Crippen molar-refractivity contribution in [3.63, 3.8) is 0 Å². The van der Waals surface area contributed by atoms with Crippen molar-refractivity contribution in [2.24, 2.45) is 0 Å². The average molecular weight is 127 g/mol. The molecule has 0 aromatic heterocycles. The van der Waals surface area contributed by atoms with Crippen LogP contribution in [0.25, 0.3) is 0 Å². The molecule has 7 heavy (non-hydrogen) atoms. The Morgan fingerprint density at radius 3 is 2.00 bits per heavy atom. The van der Waals surface area contributed by atoms with Crippen LogP contribution in [0.15, 0.2) is 0 Å². The van der Waals surface area contributed by atoms with E-state index in [9.17, 15) is 8.78 Å². The van der Waals surface area contributed by atoms with E-state index in [2.05, 4.69) is 0 Å². The van der Waals surface area contributed by atoms with Crippen LogP contribution in [-0.2, 0) is 0 Å². The van der Waals surface area contributed by atoms with Crippen LogP contribution in [-0.4, -0.2) is 11.3 Å². The van der Waals surface area contributed by atoms with Crippen molar-refractivity contribution in [3.8, 4) is 0 Å². The molecule has 0 spiro atoms. The summed E-state index contributed by atoms with van der Waals surface area (Å²) in [6.45, 7) is 0. The van der Waals surface area contributed by atoms with E-state index < -0.39 is 11.3 Å². The lowest BCUT2D eigenvalue weighted by atomic mass is 9.94. The van der Waals surface area contributed by atoms with Crippen molar-refractivity contribution < 1.29 is 8.78 Å². The standard InChI is InChI=1S/C4H5ClF2/c5-3-1-2-4(3,6)7/h3H,1-2H2. The molecule has 1 fully saturated rings. The van der Waals surface area contributed by atoms with Gasteiger partial charge in [-0.2, -0.15) is 0 Å². The maximum atomic E-state index is 11.8. The summed E-state index contributed by atoms with van der Waals surface area (Å²) >= 11 is 5.09. The minimum absolute atomic E-state index is 0.0266. The Labute approximate surface area is 45.5 Å². The molecule has 3 heteroatoms. The number of halogens is 3. The second-order valence-electron chi connectivity index (χ2n) is 1.77. The van der Waals surface area contributed by atoms with Gasteiger partial charge in [0.15, 0.2) is 0 Å². The highest BCUT2D eigenvalue weighted by molar-refractivity contribution is 6.21. The van der Waals surface area contributed by atoms with Crippen LogP contribution in [0.4, 0.5) is 8.78 Å². The van der Waals surface area contributed by atoms with E-state index in [4.69, 9.17) is 11.6 Å². The van der Waals surface area contributed by atoms with E-state index in [0.29, 0.717) is 6.42 Å². The Balaban J connectivity index is 2.43. The van der Waals surface area contributed by atoms with Gasteiger partial charge in [0.25, 0.3) is 5.92 Å². The minimum atomic E-state index is -2.55. The Kier molecular flexibility index (Phi) is 0.991. The molecule has 0 heterocycles. The fourth-order valence-electron chi connectivity index (χ4n) is 0.472. The van der Waals surface area contributed by atoms with Crippen LogP contribution in [0, 0.1) is 0 Å². The van der Waals surface area contributed by atoms with Gasteiger partial charge < -0.3 is 0 Å². The van der Waals surface area contributed by atoms with E-state index in [0.717, 1.165) is 0 Å². The highest BCUT2D eigenvalue weighted by Crippen LogP contribution is 2.41. The molecule has 0 aliphatic heterocycles. The molecule has 1 aliphatic carbocycles. The second-order valence-corrected chi connectivity index (χ2v) is 2.29. The fraction of sp³-hybridized carbons (Fsp3) is 1.00. The van der Waals surface area contributed by atoms with Crippen molar-refractivity contribution in [1.29, 1.82) is 0 Å². The van der Waals surface area contributed by atoms with Crippen molar-refractivity contribution >= 4 is 11.6 Å². The first-order chi connectivity index (χ1) is 3.13. The normalized spacial score (nSPS) is 37.3. The maximum Gasteiger partial charge on any atom is 0.264 e. The molecule has 0 aromatic carbocycles. The number of rotatable bonds is 0. The van der Waals surface area contributed by atoms with Gasteiger partial charge in [-0.25, -0.2) is 8.78 Å². The number of hydrogen-bond acceptors (Lipinski definition) is 0. The SMILES string of the molecule is FC1(F)CCC1Cl. The molecule has 0 aromatic rings. The van der Waals surface area contributed by atoms with Gasteiger partial charge in [0, 0.05) is 6.42 Å². The molecule has 0 nitrogen and oxygen atoms in total. The number of alkyl halides is 3. The third-order valence-corrected chi connectivity index (χ3v) is 1.73. The summed E-state index contributed by atoms with van der Waals surface area (Å²) < 4.78 is 23.6. The molecule has 1 saturated carbocycles. The van der Waals surface area contributed by atoms with Gasteiger partial charge in [0.1, 0.15) is 0 Å². The van der Waals surface area contributed by atoms with Crippen LogP contribution in [0.3, 0.4) is 0 Å². The number of hydrogen-bond donors (Lipinski definition) is 0. The Hall–Kier alpha value is 0.150. The lowest BCUT2D eigenvalue weighted by molar-refractivity contribution is -0.0662. The van der Waals surface area contributed by atoms with Gasteiger partial charge in [-0.15, -0.1) is 11.6 Å². The minimum Gasteiger partial charge on any atom is -0.205 e. The Morgan fingerprint density at radius 2 is 2.00 bits per heavy atom. The third-order valence-electron chi connectivity index (χ3n) is 1.19. The Morgan fingerprint density at radius 1 is 1.57 bits per heavy atom. The second kappa shape index (κ2) is 1.31. The lowest BCUT2D eigenvalue weighted by Gasteiger charge is -2.30. The quantitative estimate of drug-likeness (QED) is 0.436. The molecule has 1 aliphatic rings. The summed E-state index contributed by atoms with van der Waals surface area (Å²) in [7, 11) is 0. The van der Waals surface area contributed by atoms with Gasteiger partial charge in [0.2, 0.25) is 0 Å². The van der Waals surface area contributed by atoms with Gasteiger partial charge in [-0.3, -0.25) is 0 Å². The largest absolute Gasteiger partial charge is 0.264 e. The van der Waals surface area contributed by atoms with E-state index >= 15 is 0 Å². The Bertz CT molecular complexity index is 81.8. The van der Waals surface area contributed by atoms with Gasteiger partial charge in [0.05, 0.1) is 5.38 Å². The zero-order chi connectivity index (χ0) is 5.49. The summed E-state index contributed by atoms with van der Waals surface area (Å²) in [5.74, 6) is -2.55. The molecule has 0 N–H and O–H groups in total. The molecule has 1 unspecified atom stereocenters. The molecule has 0 saturated heterocycles. The molecule has 0 bridgehead atoms. The average Bonchev–Trinajstić information content (AvgIpc) is 1.63. The van der Waals surface area contributed by atoms with Gasteiger partial charge >= 0.3 is 0 Å². The lowest BCUT2D eigenvalue weighted by Crippen LogP contribution is -2.39. The van der Waals surface area contributed by atoms with Crippen LogP contribution >= 0.6 is 11.6 Å². The molecular formula is C4H5ClF2. The highest BCUT2D eigenvalue weighted by Gasteiger charge is 2.46. The summed E-state index contributed by atoms with van der Waals surface area (Å²) in [5, 5.41) is -0.882. The molecule has 1 atom stereocenters. The van der Waals surface area contributed by atoms with Crippen molar-refractivity contribution in [3.05, 3.63) is 0 Å². The first kappa shape index (κ1) is 5.29. The van der Waals surface area contributed by atoms with E-state index in [1.165, 1.54) is 0 Å². The summed E-state index contributed by atoms with van der Waals surface area (Å²) in [6, 6.07) is 0. The monoisotopic (exact) mass is 126 g/mol. The maximum absolute atomic E-state index is 11.8. The van der Waals surface area contributed by atoms with E-state index in [1.807, 2.05) is 0 Å². The van der Waals surface area contributed by atoms with E-state index in [-0.39, 0.29) is 6.42 Å². The first-order valence-corrected chi connectivity index (χ1v) is 2.58. The zero-order valence-corrected chi connectivity index (χ0v) is 4.38. The zero-order valence-electron chi connectivity index (χ0n) is 3.63. The molecule has 0 radical (unpaired) electrons. The van der Waals surface area contributed by atoms with Gasteiger partial charge in [-0.1, -0.05) is 0 Å². The fourth-order valence-corrected chi connectivity index (χ4v) is 0.690. The highest BCUT2D eigenvalue weighted by atomic mass is 35.5. The van der Waals surface area contributed by atoms with Crippen LogP contribution < -0.4 is 0 Å². The molecule has 0 amide bonds. The predicted molar refractivity (Wildman–Crippen MR) is 23.8 cm³/mol. The summed E-state index contributed by atoms with van der Waals surface area (Å²) in [6.07, 6.45) is 0.440. The molecular weight excluding hydrogens is 121 g/mol. The van der Waals surface area contributed by atoms with Crippen molar-refractivity contribution in [2.45, 2.75) is 24.1 Å². The predicted octanol–water partition coefficient (Wildman–Crippen LogP) is 2.02. The van der Waals surface area contributed by atoms with Crippen LogP contribution in [0.5, 0.6) is 0 Å². The first-order valence-electron chi connectivity index (χ1n) is 2.15. The van der Waals surface area contributed by atoms with Crippen LogP contribution in [0.1, 0.15) is 12.8 Å². The van der Waals surface area contributed by atoms with Gasteiger partial charge in [-0.05, 0) is 6.42 Å². The molecule has 42 valence electrons. The van der Waals surface area contributed by atoms with Crippen LogP contribution in [0.2, 0.25) is 0 Å².